The molecule has 8 nitrogen and oxygen atoms in total. The van der Waals surface area contributed by atoms with E-state index in [2.05, 4.69) is 20.3 Å². The number of benzene rings is 1. The molecule has 2 N–H and O–H groups in total. The molecule has 2 aromatic rings. The van der Waals surface area contributed by atoms with Crippen molar-refractivity contribution < 1.29 is 14.7 Å². The maximum Gasteiger partial charge on any atom is 0.266 e. The normalized spacial score (nSPS) is 9.59. The van der Waals surface area contributed by atoms with E-state index in [0.29, 0.717) is 10.6 Å². The van der Waals surface area contributed by atoms with Crippen LogP contribution in [0.4, 0.5) is 5.13 Å². The molecule has 0 atom stereocenters. The number of aromatic nitrogens is 1. The van der Waals surface area contributed by atoms with Gasteiger partial charge in [0.2, 0.25) is 0 Å². The predicted octanol–water partition coefficient (Wildman–Crippen LogP) is 1.15. The highest BCUT2D eigenvalue weighted by molar-refractivity contribution is 7.22. The van der Waals surface area contributed by atoms with Crippen LogP contribution in [-0.4, -0.2) is 28.3 Å². The van der Waals surface area contributed by atoms with E-state index in [4.69, 9.17) is 15.6 Å². The Morgan fingerprint density at radius 1 is 1.45 bits per heavy atom. The quantitative estimate of drug-likeness (QED) is 0.628. The van der Waals surface area contributed by atoms with Gasteiger partial charge in [-0.3, -0.25) is 10.1 Å². The molecule has 0 radical (unpaired) electrons. The zero-order chi connectivity index (χ0) is 15.9. The molecule has 0 aliphatic heterocycles. The molecule has 110 valence electrons. The molecule has 1 aromatic carbocycles. The van der Waals surface area contributed by atoms with Crippen LogP contribution >= 0.6 is 11.3 Å². The second kappa shape index (κ2) is 7.13. The van der Waals surface area contributed by atoms with E-state index in [9.17, 15) is 4.79 Å². The molecule has 0 bridgehead atoms. The number of hydrogen-bond acceptors (Lipinski definition) is 8. The second-order valence-electron chi connectivity index (χ2n) is 3.96. The molecule has 22 heavy (non-hydrogen) atoms. The van der Waals surface area contributed by atoms with Crippen molar-refractivity contribution in [3.05, 3.63) is 23.8 Å². The Labute approximate surface area is 128 Å². The second-order valence-corrected chi connectivity index (χ2v) is 4.99. The Balaban J connectivity index is 1.99. The number of hydrogen-bond donors (Lipinski definition) is 2. The largest absolute Gasteiger partial charge is 0.392 e. The van der Waals surface area contributed by atoms with E-state index in [0.717, 1.165) is 10.3 Å². The Morgan fingerprint density at radius 3 is 2.91 bits per heavy atom. The van der Waals surface area contributed by atoms with Crippen LogP contribution in [0.5, 0.6) is 0 Å². The third-order valence-electron chi connectivity index (χ3n) is 2.45. The Bertz CT molecular complexity index is 799. The number of carbonyl (C=O) groups is 1. The van der Waals surface area contributed by atoms with Crippen LogP contribution in [0.25, 0.3) is 10.2 Å². The standard InChI is InChI=1S/C13H9N5O3S/c14-4-9(5-15)18-21-7-12(20)17-13-16-10-2-1-8(6-19)3-11(10)22-13/h1-3,19H,6-7H2,(H,16,17,20). The molecule has 0 unspecified atom stereocenters. The van der Waals surface area contributed by atoms with Gasteiger partial charge in [0.15, 0.2) is 11.7 Å². The molecule has 0 aliphatic rings. The minimum atomic E-state index is -0.514. The molecule has 0 aliphatic carbocycles. The van der Waals surface area contributed by atoms with Crippen molar-refractivity contribution in [2.45, 2.75) is 6.61 Å². The van der Waals surface area contributed by atoms with Gasteiger partial charge in [0.25, 0.3) is 11.6 Å². The lowest BCUT2D eigenvalue weighted by Gasteiger charge is -1.99. The van der Waals surface area contributed by atoms with Crippen molar-refractivity contribution in [2.75, 3.05) is 11.9 Å². The lowest BCUT2D eigenvalue weighted by atomic mass is 10.2. The number of thiazole rings is 1. The van der Waals surface area contributed by atoms with Crippen LogP contribution in [0.2, 0.25) is 0 Å². The number of nitriles is 2. The zero-order valence-electron chi connectivity index (χ0n) is 11.1. The van der Waals surface area contributed by atoms with Crippen LogP contribution in [-0.2, 0) is 16.2 Å². The molecule has 0 fully saturated rings. The first kappa shape index (κ1) is 15.4. The summed E-state index contributed by atoms with van der Waals surface area (Å²) in [6.45, 7) is -0.508. The number of amides is 1. The minimum absolute atomic E-state index is 0.0680. The summed E-state index contributed by atoms with van der Waals surface area (Å²) in [6.07, 6.45) is 0. The summed E-state index contributed by atoms with van der Waals surface area (Å²) in [4.78, 5) is 20.4. The highest BCUT2D eigenvalue weighted by Gasteiger charge is 2.09. The van der Waals surface area contributed by atoms with Crippen molar-refractivity contribution in [1.82, 2.24) is 4.98 Å². The fourth-order valence-corrected chi connectivity index (χ4v) is 2.44. The van der Waals surface area contributed by atoms with Crippen molar-refractivity contribution in [1.29, 1.82) is 10.5 Å². The summed E-state index contributed by atoms with van der Waals surface area (Å²) in [7, 11) is 0. The molecule has 0 saturated heterocycles. The molecular weight excluding hydrogens is 306 g/mol. The Hall–Kier alpha value is -3.01. The number of fused-ring (bicyclic) bond motifs is 1. The lowest BCUT2D eigenvalue weighted by molar-refractivity contribution is -0.120. The number of nitrogens with zero attached hydrogens (tertiary/aromatic N) is 4. The highest BCUT2D eigenvalue weighted by atomic mass is 32.1. The SMILES string of the molecule is N#CC(C#N)=NOCC(=O)Nc1nc2ccc(CO)cc2s1. The summed E-state index contributed by atoms with van der Waals surface area (Å²) in [5.41, 5.74) is 0.990. The monoisotopic (exact) mass is 315 g/mol. The highest BCUT2D eigenvalue weighted by Crippen LogP contribution is 2.26. The first-order valence-electron chi connectivity index (χ1n) is 5.96. The molecule has 2 rings (SSSR count). The van der Waals surface area contributed by atoms with Gasteiger partial charge in [-0.1, -0.05) is 22.6 Å². The van der Waals surface area contributed by atoms with E-state index in [1.165, 1.54) is 23.5 Å². The number of carbonyl (C=O) groups excluding carboxylic acids is 1. The van der Waals surface area contributed by atoms with Crippen molar-refractivity contribution >= 4 is 38.3 Å². The number of aliphatic hydroxyl groups is 1. The number of oxime groups is 1. The summed E-state index contributed by atoms with van der Waals surface area (Å²) in [5, 5.41) is 32.1. The van der Waals surface area contributed by atoms with Crippen molar-refractivity contribution in [3.63, 3.8) is 0 Å². The average Bonchev–Trinajstić information content (AvgIpc) is 2.92. The van der Waals surface area contributed by atoms with Gasteiger partial charge in [-0.05, 0) is 17.7 Å². The molecule has 1 amide bonds. The van der Waals surface area contributed by atoms with E-state index < -0.39 is 18.2 Å². The summed E-state index contributed by atoms with van der Waals surface area (Å²) in [6, 6.07) is 8.29. The van der Waals surface area contributed by atoms with Gasteiger partial charge in [0.05, 0.1) is 16.8 Å². The number of aliphatic hydroxyl groups excluding tert-OH is 1. The van der Waals surface area contributed by atoms with Gasteiger partial charge in [-0.15, -0.1) is 0 Å². The summed E-state index contributed by atoms with van der Waals surface area (Å²) >= 11 is 1.25. The van der Waals surface area contributed by atoms with E-state index >= 15 is 0 Å². The van der Waals surface area contributed by atoms with E-state index in [-0.39, 0.29) is 6.61 Å². The molecule has 0 saturated carbocycles. The molecule has 9 heteroatoms. The fraction of sp³-hybridized carbons (Fsp3) is 0.154. The van der Waals surface area contributed by atoms with Gasteiger partial charge in [0, 0.05) is 0 Å². The molecule has 1 heterocycles. The topological polar surface area (TPSA) is 131 Å². The van der Waals surface area contributed by atoms with Crippen molar-refractivity contribution in [2.24, 2.45) is 5.16 Å². The van der Waals surface area contributed by atoms with E-state index in [1.807, 2.05) is 0 Å². The van der Waals surface area contributed by atoms with E-state index in [1.54, 1.807) is 18.2 Å². The van der Waals surface area contributed by atoms with Gasteiger partial charge >= 0.3 is 0 Å². The Kier molecular flexibility index (Phi) is 4.98. The van der Waals surface area contributed by atoms with Crippen LogP contribution in [0.15, 0.2) is 23.4 Å². The first-order chi connectivity index (χ1) is 10.7. The molecular formula is C13H9N5O3S. The predicted molar refractivity (Wildman–Crippen MR) is 78.8 cm³/mol. The smallest absolute Gasteiger partial charge is 0.266 e. The maximum atomic E-state index is 11.6. The lowest BCUT2D eigenvalue weighted by Crippen LogP contribution is -2.17. The van der Waals surface area contributed by atoms with Gasteiger partial charge in [-0.2, -0.15) is 10.5 Å². The summed E-state index contributed by atoms with van der Waals surface area (Å²) in [5.74, 6) is -0.514. The molecule has 1 aromatic heterocycles. The average molecular weight is 315 g/mol. The number of rotatable bonds is 5. The molecule has 0 spiro atoms. The zero-order valence-corrected chi connectivity index (χ0v) is 11.9. The minimum Gasteiger partial charge on any atom is -0.392 e. The fourth-order valence-electron chi connectivity index (χ4n) is 1.50. The maximum absolute atomic E-state index is 11.6. The van der Waals surface area contributed by atoms with Crippen LogP contribution in [0.3, 0.4) is 0 Å². The van der Waals surface area contributed by atoms with Crippen molar-refractivity contribution in [3.8, 4) is 12.1 Å². The summed E-state index contributed by atoms with van der Waals surface area (Å²) < 4.78 is 0.831. The van der Waals surface area contributed by atoms with Gasteiger partial charge in [0.1, 0.15) is 12.1 Å². The van der Waals surface area contributed by atoms with Crippen LogP contribution < -0.4 is 5.32 Å². The number of anilines is 1. The van der Waals surface area contributed by atoms with Crippen LogP contribution in [0.1, 0.15) is 5.56 Å². The number of nitrogens with one attached hydrogen (secondary N) is 1. The van der Waals surface area contributed by atoms with Gasteiger partial charge < -0.3 is 9.94 Å². The van der Waals surface area contributed by atoms with Gasteiger partial charge in [-0.25, -0.2) is 4.98 Å². The first-order valence-corrected chi connectivity index (χ1v) is 6.78. The third-order valence-corrected chi connectivity index (χ3v) is 3.38. The van der Waals surface area contributed by atoms with Crippen LogP contribution in [0, 0.1) is 22.7 Å². The third kappa shape index (κ3) is 3.76. The Morgan fingerprint density at radius 2 is 2.23 bits per heavy atom.